The molecule has 1 atom stereocenters. The molecule has 0 aromatic heterocycles. The molecule has 11 heavy (non-hydrogen) atoms. The fourth-order valence-electron chi connectivity index (χ4n) is 0.816. The number of aliphatic hydroxyl groups excluding tert-OH is 1. The van der Waals surface area contributed by atoms with Gasteiger partial charge in [0.1, 0.15) is 0 Å². The van der Waals surface area contributed by atoms with Gasteiger partial charge in [-0.2, -0.15) is 0 Å². The van der Waals surface area contributed by atoms with Gasteiger partial charge in [0.2, 0.25) is 0 Å². The largest absolute Gasteiger partial charge is 0.494 e. The molecule has 1 heterocycles. The molecule has 0 saturated heterocycles. The number of amides is 1. The van der Waals surface area contributed by atoms with Crippen molar-refractivity contribution in [3.8, 4) is 0 Å². The maximum absolute atomic E-state index is 10.8. The van der Waals surface area contributed by atoms with Gasteiger partial charge in [-0.15, -0.1) is 11.8 Å². The molecule has 5 heteroatoms. The second kappa shape index (κ2) is 3.04. The molecule has 0 fully saturated rings. The molecule has 0 spiro atoms. The third-order valence-corrected chi connectivity index (χ3v) is 2.34. The molecule has 1 amide bonds. The van der Waals surface area contributed by atoms with Gasteiger partial charge in [-0.3, -0.25) is 4.79 Å². The average molecular weight is 174 g/mol. The van der Waals surface area contributed by atoms with Crippen molar-refractivity contribution in [2.24, 2.45) is 0 Å². The normalized spacial score (nSPS) is 24.5. The minimum Gasteiger partial charge on any atom is -0.494 e. The second-order valence-corrected chi connectivity index (χ2v) is 3.13. The zero-order valence-corrected chi connectivity index (χ0v) is 7.18. The van der Waals surface area contributed by atoms with Gasteiger partial charge in [0.25, 0.3) is 5.91 Å². The lowest BCUT2D eigenvalue weighted by atomic mass is 10.4. The van der Waals surface area contributed by atoms with Crippen molar-refractivity contribution in [2.45, 2.75) is 5.50 Å². The van der Waals surface area contributed by atoms with Crippen LogP contribution in [0.15, 0.2) is 12.0 Å². The molecule has 0 saturated carbocycles. The van der Waals surface area contributed by atoms with Crippen LogP contribution < -0.4 is 5.32 Å². The Morgan fingerprint density at radius 3 is 3.00 bits per heavy atom. The van der Waals surface area contributed by atoms with Crippen LogP contribution in [0, 0.1) is 0 Å². The lowest BCUT2D eigenvalue weighted by molar-refractivity contribution is -0.118. The molecule has 0 bridgehead atoms. The van der Waals surface area contributed by atoms with Crippen LogP contribution in [0.25, 0.3) is 0 Å². The molecule has 1 unspecified atom stereocenters. The van der Waals surface area contributed by atoms with Crippen LogP contribution >= 0.6 is 11.8 Å². The number of hydrogen-bond donors (Lipinski definition) is 2. The first kappa shape index (κ1) is 8.26. The van der Waals surface area contributed by atoms with Crippen LogP contribution in [0.4, 0.5) is 0 Å². The summed E-state index contributed by atoms with van der Waals surface area (Å²) < 4.78 is 0. The van der Waals surface area contributed by atoms with Crippen molar-refractivity contribution in [1.29, 1.82) is 0 Å². The van der Waals surface area contributed by atoms with Gasteiger partial charge in [0.15, 0.2) is 11.4 Å². The molecule has 0 aromatic rings. The Kier molecular flexibility index (Phi) is 2.28. The lowest BCUT2D eigenvalue weighted by Crippen LogP contribution is -2.46. The van der Waals surface area contributed by atoms with E-state index in [4.69, 9.17) is 5.11 Å². The first-order valence-corrected chi connectivity index (χ1v) is 4.40. The highest BCUT2D eigenvalue weighted by atomic mass is 32.2. The van der Waals surface area contributed by atoms with E-state index in [0.717, 1.165) is 6.08 Å². The highest BCUT2D eigenvalue weighted by molar-refractivity contribution is 7.99. The molecule has 1 rings (SSSR count). The first-order chi connectivity index (χ1) is 5.15. The summed E-state index contributed by atoms with van der Waals surface area (Å²) in [6.07, 6.45) is 3.02. The van der Waals surface area contributed by atoms with E-state index in [1.54, 1.807) is 11.9 Å². The van der Waals surface area contributed by atoms with Crippen molar-refractivity contribution >= 4 is 17.7 Å². The monoisotopic (exact) mass is 174 g/mol. The summed E-state index contributed by atoms with van der Waals surface area (Å²) in [6, 6.07) is 0. The van der Waals surface area contributed by atoms with Gasteiger partial charge >= 0.3 is 0 Å². The molecule has 1 aliphatic rings. The summed E-state index contributed by atoms with van der Waals surface area (Å²) in [5, 5.41) is 11.8. The van der Waals surface area contributed by atoms with E-state index < -0.39 is 0 Å². The first-order valence-electron chi connectivity index (χ1n) is 3.12. The maximum atomic E-state index is 10.8. The van der Waals surface area contributed by atoms with Crippen molar-refractivity contribution < 1.29 is 9.90 Å². The van der Waals surface area contributed by atoms with Crippen LogP contribution in [0.5, 0.6) is 0 Å². The Balaban J connectivity index is 2.77. The summed E-state index contributed by atoms with van der Waals surface area (Å²) >= 11 is 1.45. The number of thioether (sulfide) groups is 1. The van der Waals surface area contributed by atoms with Crippen molar-refractivity contribution in [3.63, 3.8) is 0 Å². The van der Waals surface area contributed by atoms with Crippen LogP contribution in [0.1, 0.15) is 0 Å². The standard InChI is InChI=1S/C6H10N2O2S/c1-8-5(10)3-4(9)7-6(8)11-2/h3,6,10H,1-2H3,(H,7,9). The zero-order chi connectivity index (χ0) is 8.43. The number of rotatable bonds is 1. The predicted octanol–water partition coefficient (Wildman–Crippen LogP) is 0.0940. The van der Waals surface area contributed by atoms with Crippen molar-refractivity contribution in [3.05, 3.63) is 12.0 Å². The van der Waals surface area contributed by atoms with E-state index in [9.17, 15) is 4.79 Å². The molecule has 1 aliphatic heterocycles. The van der Waals surface area contributed by atoms with Gasteiger partial charge in [-0.05, 0) is 6.26 Å². The molecular formula is C6H10N2O2S. The summed E-state index contributed by atoms with van der Waals surface area (Å²) in [5.74, 6) is -0.243. The number of carbonyl (C=O) groups excluding carboxylic acids is 1. The number of carbonyl (C=O) groups is 1. The third-order valence-electron chi connectivity index (χ3n) is 1.46. The Morgan fingerprint density at radius 1 is 1.82 bits per heavy atom. The smallest absolute Gasteiger partial charge is 0.251 e. The third kappa shape index (κ3) is 1.59. The number of hydrogen-bond acceptors (Lipinski definition) is 4. The van der Waals surface area contributed by atoms with Gasteiger partial charge in [0.05, 0.1) is 6.08 Å². The highest BCUT2D eigenvalue weighted by Crippen LogP contribution is 2.14. The molecule has 0 aliphatic carbocycles. The van der Waals surface area contributed by atoms with Crippen LogP contribution in [-0.4, -0.2) is 34.7 Å². The minimum absolute atomic E-state index is 0.00750. The van der Waals surface area contributed by atoms with E-state index in [-0.39, 0.29) is 17.3 Å². The van der Waals surface area contributed by atoms with Gasteiger partial charge in [0, 0.05) is 7.05 Å². The molecular weight excluding hydrogens is 164 g/mol. The predicted molar refractivity (Wildman–Crippen MR) is 43.9 cm³/mol. The van der Waals surface area contributed by atoms with Crippen LogP contribution in [-0.2, 0) is 4.79 Å². The van der Waals surface area contributed by atoms with E-state index in [1.807, 2.05) is 6.26 Å². The van der Waals surface area contributed by atoms with E-state index in [1.165, 1.54) is 11.8 Å². The Bertz CT molecular complexity index is 205. The second-order valence-electron chi connectivity index (χ2n) is 2.21. The molecule has 0 radical (unpaired) electrons. The number of nitrogens with one attached hydrogen (secondary N) is 1. The Labute approximate surface area is 69.3 Å². The summed E-state index contributed by atoms with van der Waals surface area (Å²) in [7, 11) is 1.71. The Morgan fingerprint density at radius 2 is 2.45 bits per heavy atom. The summed E-state index contributed by atoms with van der Waals surface area (Å²) in [4.78, 5) is 12.4. The minimum atomic E-state index is -0.250. The lowest BCUT2D eigenvalue weighted by Gasteiger charge is -2.30. The quantitative estimate of drug-likeness (QED) is 0.591. The SMILES string of the molecule is CSC1NC(=O)C=C(O)N1C. The van der Waals surface area contributed by atoms with E-state index in [0.29, 0.717) is 0 Å². The fourth-order valence-corrected chi connectivity index (χ4v) is 1.47. The zero-order valence-electron chi connectivity index (χ0n) is 6.37. The topological polar surface area (TPSA) is 52.6 Å². The molecule has 62 valence electrons. The van der Waals surface area contributed by atoms with E-state index in [2.05, 4.69) is 5.32 Å². The van der Waals surface area contributed by atoms with Crippen LogP contribution in [0.3, 0.4) is 0 Å². The average Bonchev–Trinajstić information content (AvgIpc) is 1.96. The number of aliphatic hydroxyl groups is 1. The van der Waals surface area contributed by atoms with Crippen molar-refractivity contribution in [2.75, 3.05) is 13.3 Å². The molecule has 0 aromatic carbocycles. The van der Waals surface area contributed by atoms with Gasteiger partial charge in [-0.25, -0.2) is 0 Å². The van der Waals surface area contributed by atoms with Crippen LogP contribution in [0.2, 0.25) is 0 Å². The summed E-state index contributed by atoms with van der Waals surface area (Å²) in [6.45, 7) is 0. The molecule has 2 N–H and O–H groups in total. The summed E-state index contributed by atoms with van der Waals surface area (Å²) in [5.41, 5.74) is -0.160. The highest BCUT2D eigenvalue weighted by Gasteiger charge is 2.22. The van der Waals surface area contributed by atoms with Gasteiger partial charge < -0.3 is 15.3 Å². The maximum Gasteiger partial charge on any atom is 0.251 e. The van der Waals surface area contributed by atoms with Gasteiger partial charge in [-0.1, -0.05) is 0 Å². The van der Waals surface area contributed by atoms with Crippen molar-refractivity contribution in [1.82, 2.24) is 10.2 Å². The Hall–Kier alpha value is -0.840. The van der Waals surface area contributed by atoms with E-state index >= 15 is 0 Å². The number of nitrogens with zero attached hydrogens (tertiary/aromatic N) is 1. The molecule has 4 nitrogen and oxygen atoms in total. The fraction of sp³-hybridized carbons (Fsp3) is 0.500.